The van der Waals surface area contributed by atoms with Crippen LogP contribution in [-0.4, -0.2) is 24.4 Å². The maximum atomic E-state index is 11.9. The Morgan fingerprint density at radius 2 is 2.05 bits per heavy atom. The average molecular weight is 273 g/mol. The Morgan fingerprint density at radius 3 is 2.65 bits per heavy atom. The largest absolute Gasteiger partial charge is 0.468 e. The van der Waals surface area contributed by atoms with Crippen LogP contribution < -0.4 is 11.1 Å². The van der Waals surface area contributed by atoms with Crippen molar-refractivity contribution in [3.05, 3.63) is 54.0 Å². The van der Waals surface area contributed by atoms with E-state index in [0.29, 0.717) is 19.6 Å². The molecule has 20 heavy (non-hydrogen) atoms. The maximum Gasteiger partial charge on any atom is 0.238 e. The molecule has 5 nitrogen and oxygen atoms in total. The van der Waals surface area contributed by atoms with Crippen LogP contribution in [0.25, 0.3) is 0 Å². The van der Waals surface area contributed by atoms with Crippen LogP contribution >= 0.6 is 0 Å². The summed E-state index contributed by atoms with van der Waals surface area (Å²) >= 11 is 0. The van der Waals surface area contributed by atoms with Crippen LogP contribution in [-0.2, 0) is 17.9 Å². The summed E-state index contributed by atoms with van der Waals surface area (Å²) in [6.45, 7) is 1.41. The molecule has 106 valence electrons. The number of rotatable bonds is 6. The van der Waals surface area contributed by atoms with Crippen molar-refractivity contribution in [3.8, 4) is 0 Å². The van der Waals surface area contributed by atoms with Crippen LogP contribution in [0, 0.1) is 0 Å². The summed E-state index contributed by atoms with van der Waals surface area (Å²) in [4.78, 5) is 13.8. The molecule has 0 bridgehead atoms. The van der Waals surface area contributed by atoms with E-state index < -0.39 is 0 Å². The smallest absolute Gasteiger partial charge is 0.238 e. The molecule has 0 unspecified atom stereocenters. The van der Waals surface area contributed by atoms with Crippen molar-refractivity contribution in [1.82, 2.24) is 4.90 Å². The second-order valence-corrected chi connectivity index (χ2v) is 4.70. The van der Waals surface area contributed by atoms with E-state index in [1.807, 2.05) is 48.3 Å². The lowest BCUT2D eigenvalue weighted by Crippen LogP contribution is -2.29. The average Bonchev–Trinajstić information content (AvgIpc) is 2.92. The fourth-order valence-electron chi connectivity index (χ4n) is 1.89. The van der Waals surface area contributed by atoms with Crippen molar-refractivity contribution in [2.24, 2.45) is 5.73 Å². The van der Waals surface area contributed by atoms with E-state index in [1.165, 1.54) is 0 Å². The molecule has 0 fully saturated rings. The van der Waals surface area contributed by atoms with Crippen LogP contribution in [0.4, 0.5) is 5.69 Å². The van der Waals surface area contributed by atoms with Crippen molar-refractivity contribution < 1.29 is 9.21 Å². The van der Waals surface area contributed by atoms with Gasteiger partial charge in [-0.15, -0.1) is 0 Å². The number of nitrogens with one attached hydrogen (secondary N) is 1. The van der Waals surface area contributed by atoms with Gasteiger partial charge in [-0.2, -0.15) is 0 Å². The third-order valence-corrected chi connectivity index (χ3v) is 2.89. The second kappa shape index (κ2) is 6.88. The zero-order valence-corrected chi connectivity index (χ0v) is 11.5. The zero-order valence-electron chi connectivity index (χ0n) is 11.5. The molecule has 2 aromatic rings. The van der Waals surface area contributed by atoms with Gasteiger partial charge in [0.15, 0.2) is 0 Å². The quantitative estimate of drug-likeness (QED) is 0.842. The standard InChI is InChI=1S/C15H19N3O2/c1-18(10-14-3-2-8-20-14)11-15(19)17-13-6-4-12(9-16)5-7-13/h2-8H,9-11,16H2,1H3,(H,17,19). The summed E-state index contributed by atoms with van der Waals surface area (Å²) < 4.78 is 5.24. The highest BCUT2D eigenvalue weighted by Crippen LogP contribution is 2.09. The molecule has 5 heteroatoms. The molecule has 1 heterocycles. The molecule has 1 amide bonds. The summed E-state index contributed by atoms with van der Waals surface area (Å²) in [5.74, 6) is 0.784. The van der Waals surface area contributed by atoms with E-state index in [-0.39, 0.29) is 5.91 Å². The van der Waals surface area contributed by atoms with Gasteiger partial charge in [0.2, 0.25) is 5.91 Å². The molecule has 0 aliphatic heterocycles. The summed E-state index contributed by atoms with van der Waals surface area (Å²) in [5, 5.41) is 2.85. The van der Waals surface area contributed by atoms with Crippen molar-refractivity contribution in [2.45, 2.75) is 13.1 Å². The van der Waals surface area contributed by atoms with E-state index in [1.54, 1.807) is 6.26 Å². The van der Waals surface area contributed by atoms with Gasteiger partial charge in [-0.3, -0.25) is 9.69 Å². The van der Waals surface area contributed by atoms with Crippen LogP contribution in [0.15, 0.2) is 47.1 Å². The number of likely N-dealkylation sites (N-methyl/N-ethyl adjacent to an activating group) is 1. The molecular formula is C15H19N3O2. The number of amides is 1. The van der Waals surface area contributed by atoms with Crippen LogP contribution in [0.3, 0.4) is 0 Å². The molecule has 0 saturated carbocycles. The number of hydrogen-bond donors (Lipinski definition) is 2. The lowest BCUT2D eigenvalue weighted by atomic mass is 10.2. The predicted molar refractivity (Wildman–Crippen MR) is 78.0 cm³/mol. The minimum atomic E-state index is -0.0560. The Labute approximate surface area is 118 Å². The van der Waals surface area contributed by atoms with Gasteiger partial charge in [-0.25, -0.2) is 0 Å². The van der Waals surface area contributed by atoms with E-state index in [0.717, 1.165) is 17.0 Å². The maximum absolute atomic E-state index is 11.9. The number of hydrogen-bond acceptors (Lipinski definition) is 4. The first-order valence-corrected chi connectivity index (χ1v) is 6.47. The topological polar surface area (TPSA) is 71.5 Å². The van der Waals surface area contributed by atoms with E-state index in [4.69, 9.17) is 10.2 Å². The summed E-state index contributed by atoms with van der Waals surface area (Å²) in [5.41, 5.74) is 7.34. The van der Waals surface area contributed by atoms with Gasteiger partial charge in [-0.05, 0) is 36.9 Å². The van der Waals surface area contributed by atoms with Crippen molar-refractivity contribution >= 4 is 11.6 Å². The fraction of sp³-hybridized carbons (Fsp3) is 0.267. The summed E-state index contributed by atoms with van der Waals surface area (Å²) in [7, 11) is 1.87. The number of benzene rings is 1. The lowest BCUT2D eigenvalue weighted by molar-refractivity contribution is -0.117. The fourth-order valence-corrected chi connectivity index (χ4v) is 1.89. The van der Waals surface area contributed by atoms with E-state index in [9.17, 15) is 4.79 Å². The molecule has 1 aromatic carbocycles. The first-order chi connectivity index (χ1) is 9.67. The van der Waals surface area contributed by atoms with Crippen LogP contribution in [0.2, 0.25) is 0 Å². The van der Waals surface area contributed by atoms with Crippen LogP contribution in [0.1, 0.15) is 11.3 Å². The highest BCUT2D eigenvalue weighted by molar-refractivity contribution is 5.92. The van der Waals surface area contributed by atoms with Gasteiger partial charge < -0.3 is 15.5 Å². The van der Waals surface area contributed by atoms with E-state index in [2.05, 4.69) is 5.32 Å². The SMILES string of the molecule is CN(CC(=O)Nc1ccc(CN)cc1)Cc1ccco1. The molecule has 0 spiro atoms. The number of nitrogens with two attached hydrogens (primary N) is 1. The molecule has 0 saturated heterocycles. The van der Waals surface area contributed by atoms with Gasteiger partial charge in [-0.1, -0.05) is 12.1 Å². The molecule has 1 aromatic heterocycles. The van der Waals surface area contributed by atoms with Crippen molar-refractivity contribution in [1.29, 1.82) is 0 Å². The second-order valence-electron chi connectivity index (χ2n) is 4.70. The molecule has 0 aliphatic rings. The molecule has 0 aliphatic carbocycles. The third kappa shape index (κ3) is 4.22. The van der Waals surface area contributed by atoms with Crippen LogP contribution in [0.5, 0.6) is 0 Å². The Balaban J connectivity index is 1.82. The summed E-state index contributed by atoms with van der Waals surface area (Å²) in [6, 6.07) is 11.2. The highest BCUT2D eigenvalue weighted by Gasteiger charge is 2.08. The molecule has 2 rings (SSSR count). The Morgan fingerprint density at radius 1 is 1.30 bits per heavy atom. The van der Waals surface area contributed by atoms with Gasteiger partial charge in [0.25, 0.3) is 0 Å². The van der Waals surface area contributed by atoms with Crippen molar-refractivity contribution in [2.75, 3.05) is 18.9 Å². The minimum Gasteiger partial charge on any atom is -0.468 e. The Bertz CT molecular complexity index is 535. The first-order valence-electron chi connectivity index (χ1n) is 6.47. The monoisotopic (exact) mass is 273 g/mol. The number of nitrogens with zero attached hydrogens (tertiary/aromatic N) is 1. The van der Waals surface area contributed by atoms with E-state index >= 15 is 0 Å². The first kappa shape index (κ1) is 14.3. The van der Waals surface area contributed by atoms with Gasteiger partial charge >= 0.3 is 0 Å². The molecular weight excluding hydrogens is 254 g/mol. The van der Waals surface area contributed by atoms with Crippen molar-refractivity contribution in [3.63, 3.8) is 0 Å². The highest BCUT2D eigenvalue weighted by atomic mass is 16.3. The van der Waals surface area contributed by atoms with Gasteiger partial charge in [0.05, 0.1) is 19.4 Å². The number of furan rings is 1. The molecule has 0 radical (unpaired) electrons. The predicted octanol–water partition coefficient (Wildman–Crippen LogP) is 1.81. The number of anilines is 1. The summed E-state index contributed by atoms with van der Waals surface area (Å²) in [6.07, 6.45) is 1.63. The van der Waals surface area contributed by atoms with Gasteiger partial charge in [0, 0.05) is 12.2 Å². The zero-order chi connectivity index (χ0) is 14.4. The number of carbonyl (C=O) groups excluding carboxylic acids is 1. The third-order valence-electron chi connectivity index (χ3n) is 2.89. The molecule has 3 N–H and O–H groups in total. The van der Waals surface area contributed by atoms with Gasteiger partial charge in [0.1, 0.15) is 5.76 Å². The lowest BCUT2D eigenvalue weighted by Gasteiger charge is -2.14. The minimum absolute atomic E-state index is 0.0560. The number of carbonyl (C=O) groups is 1. The Kier molecular flexibility index (Phi) is 4.92. The molecule has 0 atom stereocenters. The normalized spacial score (nSPS) is 10.8. The Hall–Kier alpha value is -2.11.